The minimum Gasteiger partial charge on any atom is -0.462 e. The summed E-state index contributed by atoms with van der Waals surface area (Å²) < 4.78 is 26.9. The van der Waals surface area contributed by atoms with E-state index in [0.29, 0.717) is 17.8 Å². The van der Waals surface area contributed by atoms with Crippen molar-refractivity contribution in [2.45, 2.75) is 13.7 Å². The maximum atomic E-state index is 14.5. The minimum absolute atomic E-state index is 0.124. The monoisotopic (exact) mass is 412 g/mol. The van der Waals surface area contributed by atoms with Crippen LogP contribution in [0.4, 0.5) is 10.1 Å². The second-order valence-electron chi connectivity index (χ2n) is 7.61. The van der Waals surface area contributed by atoms with Gasteiger partial charge in [-0.2, -0.15) is 0 Å². The van der Waals surface area contributed by atoms with Crippen molar-refractivity contribution in [1.82, 2.24) is 4.57 Å². The van der Waals surface area contributed by atoms with Crippen LogP contribution in [0.25, 0.3) is 10.9 Å². The molecule has 1 heterocycles. The molecule has 0 saturated heterocycles. The van der Waals surface area contributed by atoms with Crippen molar-refractivity contribution in [2.24, 2.45) is 0 Å². The van der Waals surface area contributed by atoms with Gasteiger partial charge in [-0.05, 0) is 37.8 Å². The molecule has 0 saturated carbocycles. The van der Waals surface area contributed by atoms with Crippen LogP contribution in [0.1, 0.15) is 17.3 Å². The number of hydrogen-bond donors (Lipinski definition) is 0. The smallest absolute Gasteiger partial charge is 0.343 e. The predicted molar refractivity (Wildman–Crippen MR) is 115 cm³/mol. The number of carbonyl (C=O) groups excluding carboxylic acids is 1. The lowest BCUT2D eigenvalue weighted by Crippen LogP contribution is -2.22. The molecule has 0 aliphatic carbocycles. The second-order valence-corrected chi connectivity index (χ2v) is 12.2. The molecule has 1 aromatic carbocycles. The number of rotatable bonds is 8. The summed E-state index contributed by atoms with van der Waals surface area (Å²) in [6.45, 7) is 2.52. The highest BCUT2D eigenvalue weighted by molar-refractivity contribution is 8.32. The van der Waals surface area contributed by atoms with Gasteiger partial charge in [0.2, 0.25) is 5.43 Å². The van der Waals surface area contributed by atoms with Gasteiger partial charge in [-0.25, -0.2) is 19.2 Å². The highest BCUT2D eigenvalue weighted by atomic mass is 32.3. The first kappa shape index (κ1) is 22.2. The van der Waals surface area contributed by atoms with Crippen molar-refractivity contribution < 1.29 is 18.7 Å². The molecule has 6 nitrogen and oxygen atoms in total. The summed E-state index contributed by atoms with van der Waals surface area (Å²) in [4.78, 5) is 26.6. The van der Waals surface area contributed by atoms with Gasteiger partial charge in [0.25, 0.3) is 0 Å². The Labute approximate surface area is 166 Å². The zero-order valence-corrected chi connectivity index (χ0v) is 18.2. The van der Waals surface area contributed by atoms with E-state index in [2.05, 4.69) is 18.8 Å². The third kappa shape index (κ3) is 5.26. The molecule has 1 aromatic heterocycles. The number of halogens is 1. The van der Waals surface area contributed by atoms with Crippen molar-refractivity contribution in [3.63, 3.8) is 0 Å². The summed E-state index contributed by atoms with van der Waals surface area (Å²) in [7, 11) is 2.75. The van der Waals surface area contributed by atoms with Crippen LogP contribution in [0.15, 0.2) is 23.1 Å². The minimum atomic E-state index is -0.723. The molecule has 156 valence electrons. The molecular weight excluding hydrogens is 383 g/mol. The number of ether oxygens (including phenoxy) is 2. The van der Waals surface area contributed by atoms with E-state index in [1.54, 1.807) is 36.6 Å². The van der Waals surface area contributed by atoms with Gasteiger partial charge < -0.3 is 18.9 Å². The Morgan fingerprint density at radius 2 is 1.93 bits per heavy atom. The van der Waals surface area contributed by atoms with E-state index in [1.165, 1.54) is 12.3 Å². The van der Waals surface area contributed by atoms with Crippen LogP contribution in [0, 0.1) is 5.82 Å². The van der Waals surface area contributed by atoms with E-state index >= 15 is 0 Å². The zero-order valence-electron chi connectivity index (χ0n) is 17.4. The van der Waals surface area contributed by atoms with E-state index in [4.69, 9.17) is 9.47 Å². The number of carbonyl (C=O) groups is 1. The predicted octanol–water partition coefficient (Wildman–Crippen LogP) is 3.05. The molecule has 28 heavy (non-hydrogen) atoms. The number of pyridine rings is 1. The van der Waals surface area contributed by atoms with Gasteiger partial charge >= 0.3 is 5.97 Å². The quantitative estimate of drug-likeness (QED) is 0.493. The third-order valence-corrected chi connectivity index (χ3v) is 5.59. The summed E-state index contributed by atoms with van der Waals surface area (Å²) in [6.07, 6.45) is 8.05. The zero-order chi connectivity index (χ0) is 21.1. The summed E-state index contributed by atoms with van der Waals surface area (Å²) in [5.74, 6) is -0.313. The van der Waals surface area contributed by atoms with Gasteiger partial charge in [0.1, 0.15) is 18.1 Å². The normalized spacial score (nSPS) is 12.2. The third-order valence-electron chi connectivity index (χ3n) is 4.20. The topological polar surface area (TPSA) is 60.8 Å². The van der Waals surface area contributed by atoms with Gasteiger partial charge in [0.15, 0.2) is 0 Å². The van der Waals surface area contributed by atoms with Crippen molar-refractivity contribution in [2.75, 3.05) is 56.7 Å². The number of aromatic nitrogens is 1. The van der Waals surface area contributed by atoms with Crippen LogP contribution in [-0.2, 0) is 16.2 Å². The molecule has 0 N–H and O–H groups in total. The molecule has 0 aliphatic heterocycles. The number of nitrogens with zero attached hydrogens (tertiary/aromatic N) is 2. The molecular formula is C20H29FN2O4S. The highest BCUT2D eigenvalue weighted by Gasteiger charge is 2.19. The fourth-order valence-corrected chi connectivity index (χ4v) is 3.29. The number of hydrogen-bond acceptors (Lipinski definition) is 5. The lowest BCUT2D eigenvalue weighted by Gasteiger charge is -2.25. The average molecular weight is 413 g/mol. The van der Waals surface area contributed by atoms with Crippen molar-refractivity contribution >= 4 is 32.6 Å². The van der Waals surface area contributed by atoms with Gasteiger partial charge in [-0.1, -0.05) is 0 Å². The Morgan fingerprint density at radius 1 is 1.25 bits per heavy atom. The standard InChI is InChI=1S/C20H29FN2O4S/c1-7-27-20(25)15-12-23(13-26-8-9-28(4,5)6)17-11-18(22(2)3)16(21)10-14(17)19(15)24/h10-12H,7-9,13H2,1-6H3. The molecule has 0 atom stereocenters. The summed E-state index contributed by atoms with van der Waals surface area (Å²) in [5.41, 5.74) is 0.180. The lowest BCUT2D eigenvalue weighted by molar-refractivity contribution is 0.0521. The SMILES string of the molecule is CCOC(=O)c1cn(COCCS(C)(C)C)c2cc(N(C)C)c(F)cc2c1=O. The summed E-state index contributed by atoms with van der Waals surface area (Å²) >= 11 is 0. The first-order chi connectivity index (χ1) is 13.0. The van der Waals surface area contributed by atoms with Crippen LogP contribution < -0.4 is 10.3 Å². The van der Waals surface area contributed by atoms with E-state index in [1.807, 2.05) is 0 Å². The molecule has 0 radical (unpaired) electrons. The maximum absolute atomic E-state index is 14.5. The Bertz CT molecular complexity index is 919. The van der Waals surface area contributed by atoms with Crippen LogP contribution in [0.5, 0.6) is 0 Å². The highest BCUT2D eigenvalue weighted by Crippen LogP contribution is 2.33. The van der Waals surface area contributed by atoms with Gasteiger partial charge in [0.05, 0.1) is 24.4 Å². The Kier molecular flexibility index (Phi) is 7.11. The number of anilines is 1. The Morgan fingerprint density at radius 3 is 2.50 bits per heavy atom. The first-order valence-electron chi connectivity index (χ1n) is 9.00. The molecule has 2 aromatic rings. The molecule has 0 amide bonds. The number of esters is 1. The molecule has 2 rings (SSSR count). The average Bonchev–Trinajstić information content (AvgIpc) is 2.59. The van der Waals surface area contributed by atoms with Crippen LogP contribution >= 0.6 is 10.0 Å². The van der Waals surface area contributed by atoms with Crippen molar-refractivity contribution in [3.05, 3.63) is 39.9 Å². The molecule has 0 spiro atoms. The second kappa shape index (κ2) is 8.96. The first-order valence-corrected chi connectivity index (χ1v) is 12.0. The molecule has 0 aliphatic rings. The van der Waals surface area contributed by atoms with Gasteiger partial charge in [-0.3, -0.25) is 4.79 Å². The van der Waals surface area contributed by atoms with Crippen molar-refractivity contribution in [3.8, 4) is 0 Å². The Balaban J connectivity index is 2.53. The molecule has 0 fully saturated rings. The fourth-order valence-electron chi connectivity index (χ4n) is 2.67. The van der Waals surface area contributed by atoms with Crippen LogP contribution in [0.3, 0.4) is 0 Å². The molecule has 8 heteroatoms. The summed E-state index contributed by atoms with van der Waals surface area (Å²) in [5, 5.41) is 0.124. The Hall–Kier alpha value is -2.06. The number of benzene rings is 1. The van der Waals surface area contributed by atoms with Gasteiger partial charge in [-0.15, -0.1) is 0 Å². The summed E-state index contributed by atoms with van der Waals surface area (Å²) in [6, 6.07) is 2.77. The van der Waals surface area contributed by atoms with Crippen molar-refractivity contribution in [1.29, 1.82) is 0 Å². The van der Waals surface area contributed by atoms with Crippen LogP contribution in [-0.4, -0.2) is 62.4 Å². The molecule has 0 unspecified atom stereocenters. The molecule has 0 bridgehead atoms. The lowest BCUT2D eigenvalue weighted by atomic mass is 10.1. The van der Waals surface area contributed by atoms with E-state index in [9.17, 15) is 14.0 Å². The van der Waals surface area contributed by atoms with E-state index in [-0.39, 0.29) is 24.3 Å². The fraction of sp³-hybridized carbons (Fsp3) is 0.500. The van der Waals surface area contributed by atoms with E-state index in [0.717, 1.165) is 5.75 Å². The number of fused-ring (bicyclic) bond motifs is 1. The maximum Gasteiger partial charge on any atom is 0.343 e. The largest absolute Gasteiger partial charge is 0.462 e. The van der Waals surface area contributed by atoms with E-state index < -0.39 is 27.2 Å². The van der Waals surface area contributed by atoms with Crippen LogP contribution in [0.2, 0.25) is 0 Å². The van der Waals surface area contributed by atoms with Gasteiger partial charge in [0, 0.05) is 31.4 Å².